The summed E-state index contributed by atoms with van der Waals surface area (Å²) in [6.45, 7) is 6.76. The fourth-order valence-corrected chi connectivity index (χ4v) is 2.75. The molecule has 0 saturated carbocycles. The van der Waals surface area contributed by atoms with Crippen molar-refractivity contribution in [2.75, 3.05) is 4.90 Å². The molecule has 20 heavy (non-hydrogen) atoms. The maximum Gasteiger partial charge on any atom is 0.0526 e. The SMILES string of the molecule is CCCC1C(CC)=CC(CC)=CN1c1cc[c-]cc1.[Y]. The molecule has 2 heteroatoms. The van der Waals surface area contributed by atoms with E-state index >= 15 is 0 Å². The van der Waals surface area contributed by atoms with E-state index < -0.39 is 0 Å². The van der Waals surface area contributed by atoms with E-state index in [9.17, 15) is 0 Å². The molecule has 0 saturated heterocycles. The van der Waals surface area contributed by atoms with E-state index in [-0.39, 0.29) is 32.7 Å². The van der Waals surface area contributed by atoms with Crippen LogP contribution in [-0.2, 0) is 32.7 Å². The molecule has 1 nitrogen and oxygen atoms in total. The van der Waals surface area contributed by atoms with Gasteiger partial charge in [0.25, 0.3) is 0 Å². The number of benzene rings is 1. The number of hydrogen-bond donors (Lipinski definition) is 0. The van der Waals surface area contributed by atoms with Crippen molar-refractivity contribution in [2.45, 2.75) is 52.5 Å². The molecular formula is C18H24NY-. The van der Waals surface area contributed by atoms with E-state index in [1.807, 2.05) is 12.1 Å². The average molecular weight is 343 g/mol. The monoisotopic (exact) mass is 343 g/mol. The number of hydrogen-bond acceptors (Lipinski definition) is 1. The number of nitrogens with zero attached hydrogens (tertiary/aromatic N) is 1. The molecule has 1 radical (unpaired) electrons. The van der Waals surface area contributed by atoms with Crippen LogP contribution in [0.15, 0.2) is 47.7 Å². The molecule has 0 aliphatic carbocycles. The van der Waals surface area contributed by atoms with Gasteiger partial charge in [-0.05, 0) is 30.4 Å². The van der Waals surface area contributed by atoms with Crippen molar-refractivity contribution in [3.63, 3.8) is 0 Å². The Labute approximate surface area is 149 Å². The first-order chi connectivity index (χ1) is 9.30. The van der Waals surface area contributed by atoms with Crippen molar-refractivity contribution < 1.29 is 32.7 Å². The summed E-state index contributed by atoms with van der Waals surface area (Å²) >= 11 is 0. The van der Waals surface area contributed by atoms with E-state index in [2.05, 4.69) is 56.1 Å². The van der Waals surface area contributed by atoms with Crippen LogP contribution in [0.5, 0.6) is 0 Å². The quantitative estimate of drug-likeness (QED) is 0.672. The van der Waals surface area contributed by atoms with Gasteiger partial charge >= 0.3 is 0 Å². The molecule has 1 aromatic rings. The summed E-state index contributed by atoms with van der Waals surface area (Å²) in [5.74, 6) is 0. The Kier molecular flexibility index (Phi) is 7.76. The molecular weight excluding hydrogens is 319 g/mol. The Hall–Kier alpha value is -0.396. The first-order valence-electron chi connectivity index (χ1n) is 7.45. The van der Waals surface area contributed by atoms with E-state index in [1.54, 1.807) is 5.57 Å². The third kappa shape index (κ3) is 4.05. The van der Waals surface area contributed by atoms with Crippen LogP contribution in [0.25, 0.3) is 0 Å². The molecule has 1 aliphatic rings. The van der Waals surface area contributed by atoms with E-state index in [0.717, 1.165) is 12.8 Å². The van der Waals surface area contributed by atoms with Crippen LogP contribution < -0.4 is 4.90 Å². The minimum atomic E-state index is 0. The number of allylic oxidation sites excluding steroid dienone is 2. The second-order valence-electron chi connectivity index (χ2n) is 5.10. The predicted octanol–water partition coefficient (Wildman–Crippen LogP) is 5.10. The van der Waals surface area contributed by atoms with Gasteiger partial charge in [-0.2, -0.15) is 18.2 Å². The molecule has 0 spiro atoms. The molecule has 1 aromatic carbocycles. The Morgan fingerprint density at radius 1 is 1.10 bits per heavy atom. The minimum Gasteiger partial charge on any atom is -0.363 e. The molecule has 1 atom stereocenters. The summed E-state index contributed by atoms with van der Waals surface area (Å²) in [4.78, 5) is 2.45. The third-order valence-electron chi connectivity index (χ3n) is 3.82. The van der Waals surface area contributed by atoms with Gasteiger partial charge in [-0.25, -0.2) is 0 Å². The summed E-state index contributed by atoms with van der Waals surface area (Å²) in [5.41, 5.74) is 4.27. The van der Waals surface area contributed by atoms with Gasteiger partial charge in [0.15, 0.2) is 0 Å². The van der Waals surface area contributed by atoms with Crippen molar-refractivity contribution >= 4 is 5.69 Å². The minimum absolute atomic E-state index is 0. The van der Waals surface area contributed by atoms with E-state index in [4.69, 9.17) is 0 Å². The molecule has 2 rings (SSSR count). The van der Waals surface area contributed by atoms with Crippen molar-refractivity contribution in [2.24, 2.45) is 0 Å². The van der Waals surface area contributed by atoms with Gasteiger partial charge in [-0.15, -0.1) is 12.1 Å². The zero-order chi connectivity index (χ0) is 13.7. The van der Waals surface area contributed by atoms with E-state index in [0.29, 0.717) is 6.04 Å². The van der Waals surface area contributed by atoms with Gasteiger partial charge in [0.1, 0.15) is 0 Å². The topological polar surface area (TPSA) is 3.24 Å². The van der Waals surface area contributed by atoms with Gasteiger partial charge in [0.05, 0.1) is 6.04 Å². The largest absolute Gasteiger partial charge is 0.363 e. The van der Waals surface area contributed by atoms with Crippen LogP contribution >= 0.6 is 0 Å². The third-order valence-corrected chi connectivity index (χ3v) is 3.82. The summed E-state index contributed by atoms with van der Waals surface area (Å²) in [6.07, 6.45) is 9.40. The maximum absolute atomic E-state index is 3.11. The molecule has 0 fully saturated rings. The summed E-state index contributed by atoms with van der Waals surface area (Å²) in [7, 11) is 0. The molecule has 0 N–H and O–H groups in total. The molecule has 1 unspecified atom stereocenters. The van der Waals surface area contributed by atoms with Crippen LogP contribution in [0.1, 0.15) is 46.5 Å². The fraction of sp³-hybridized carbons (Fsp3) is 0.444. The van der Waals surface area contributed by atoms with Crippen molar-refractivity contribution in [1.29, 1.82) is 0 Å². The molecule has 1 aliphatic heterocycles. The van der Waals surface area contributed by atoms with Gasteiger partial charge in [0.2, 0.25) is 0 Å². The van der Waals surface area contributed by atoms with Crippen molar-refractivity contribution in [3.8, 4) is 0 Å². The van der Waals surface area contributed by atoms with Crippen molar-refractivity contribution in [1.82, 2.24) is 0 Å². The summed E-state index contributed by atoms with van der Waals surface area (Å²) < 4.78 is 0. The Balaban J connectivity index is 0.00000200. The Bertz CT molecular complexity index is 462. The zero-order valence-electron chi connectivity index (χ0n) is 12.9. The standard InChI is InChI=1S/C18H24N.Y/c1-4-10-18-16(6-3)13-15(5-2)14-19(18)17-11-8-7-9-12-17;/h8-9,11-14,18H,4-6,10H2,1-3H3;/q-1;. The molecule has 0 aromatic heterocycles. The second kappa shape index (κ2) is 8.79. The second-order valence-corrected chi connectivity index (χ2v) is 5.10. The van der Waals surface area contributed by atoms with Crippen LogP contribution in [0.3, 0.4) is 0 Å². The molecule has 0 amide bonds. The molecule has 105 valence electrons. The van der Waals surface area contributed by atoms with Gasteiger partial charge in [-0.3, -0.25) is 0 Å². The van der Waals surface area contributed by atoms with Gasteiger partial charge < -0.3 is 4.90 Å². The maximum atomic E-state index is 3.11. The Morgan fingerprint density at radius 3 is 2.35 bits per heavy atom. The molecule has 1 heterocycles. The van der Waals surface area contributed by atoms with Crippen LogP contribution in [0.4, 0.5) is 5.69 Å². The predicted molar refractivity (Wildman–Crippen MR) is 83.2 cm³/mol. The van der Waals surface area contributed by atoms with Crippen LogP contribution in [-0.4, -0.2) is 6.04 Å². The first kappa shape index (κ1) is 17.7. The smallest absolute Gasteiger partial charge is 0.0526 e. The van der Waals surface area contributed by atoms with E-state index in [1.165, 1.54) is 24.1 Å². The van der Waals surface area contributed by atoms with Crippen molar-refractivity contribution in [3.05, 3.63) is 53.8 Å². The fourth-order valence-electron chi connectivity index (χ4n) is 2.75. The molecule has 0 bridgehead atoms. The normalized spacial score (nSPS) is 18.1. The first-order valence-corrected chi connectivity index (χ1v) is 7.45. The summed E-state index contributed by atoms with van der Waals surface area (Å²) in [5, 5.41) is 0. The van der Waals surface area contributed by atoms with Gasteiger partial charge in [-0.1, -0.05) is 39.0 Å². The van der Waals surface area contributed by atoms with Crippen LogP contribution in [0, 0.1) is 6.07 Å². The Morgan fingerprint density at radius 2 is 1.80 bits per heavy atom. The average Bonchev–Trinajstić information content (AvgIpc) is 2.48. The summed E-state index contributed by atoms with van der Waals surface area (Å²) in [6, 6.07) is 11.9. The zero-order valence-corrected chi connectivity index (χ0v) is 15.7. The van der Waals surface area contributed by atoms with Crippen LogP contribution in [0.2, 0.25) is 0 Å². The number of anilines is 1. The number of rotatable bonds is 5. The van der Waals surface area contributed by atoms with Gasteiger partial charge in [0, 0.05) is 38.9 Å².